The van der Waals surface area contributed by atoms with Crippen molar-refractivity contribution in [3.05, 3.63) is 34.2 Å². The molecule has 0 radical (unpaired) electrons. The second-order valence-electron chi connectivity index (χ2n) is 7.45. The van der Waals surface area contributed by atoms with Gasteiger partial charge in [-0.1, -0.05) is 43.9 Å². The molecule has 1 atom stereocenters. The molecule has 0 spiro atoms. The number of rotatable bonds is 5. The monoisotopic (exact) mass is 404 g/mol. The molecule has 1 amide bonds. The summed E-state index contributed by atoms with van der Waals surface area (Å²) in [5.41, 5.74) is 3.45. The van der Waals surface area contributed by atoms with Crippen molar-refractivity contribution in [3.8, 4) is 0 Å². The molecule has 1 aromatic carbocycles. The third-order valence-corrected chi connectivity index (χ3v) is 6.20. The smallest absolute Gasteiger partial charge is 0.326 e. The summed E-state index contributed by atoms with van der Waals surface area (Å²) in [4.78, 5) is 28.5. The van der Waals surface area contributed by atoms with E-state index >= 15 is 0 Å². The molecule has 1 fully saturated rings. The number of aliphatic carboxylic acids is 1. The quantitative estimate of drug-likeness (QED) is 0.595. The summed E-state index contributed by atoms with van der Waals surface area (Å²) in [7, 11) is 2.09. The van der Waals surface area contributed by atoms with Gasteiger partial charge in [0.25, 0.3) is 5.91 Å². The number of hydrogen-bond acceptors (Lipinski definition) is 5. The summed E-state index contributed by atoms with van der Waals surface area (Å²) >= 11 is 6.51. The molecule has 1 N–H and O–H groups in total. The van der Waals surface area contributed by atoms with E-state index in [1.54, 1.807) is 0 Å². The fourth-order valence-corrected chi connectivity index (χ4v) is 4.91. The first kappa shape index (κ1) is 19.9. The Labute approximate surface area is 169 Å². The SMILES string of the molecule is CC(C)CC(C(=O)O)N1C(=O)C(=Cc2ccc3c(c2)CCCN3C)SC1=S. The van der Waals surface area contributed by atoms with Gasteiger partial charge in [0.2, 0.25) is 0 Å². The second-order valence-corrected chi connectivity index (χ2v) is 9.12. The van der Waals surface area contributed by atoms with Crippen molar-refractivity contribution >= 4 is 51.9 Å². The van der Waals surface area contributed by atoms with E-state index in [1.165, 1.54) is 27.9 Å². The fourth-order valence-electron chi connectivity index (χ4n) is 3.56. The summed E-state index contributed by atoms with van der Waals surface area (Å²) < 4.78 is 0.317. The van der Waals surface area contributed by atoms with Crippen LogP contribution in [0.4, 0.5) is 5.69 Å². The molecule has 2 aliphatic heterocycles. The topological polar surface area (TPSA) is 60.9 Å². The molecule has 1 saturated heterocycles. The maximum atomic E-state index is 12.9. The lowest BCUT2D eigenvalue weighted by Gasteiger charge is -2.27. The Morgan fingerprint density at radius 2 is 2.15 bits per heavy atom. The molecule has 1 unspecified atom stereocenters. The molecule has 1 aromatic rings. The summed E-state index contributed by atoms with van der Waals surface area (Å²) in [6, 6.07) is 5.27. The van der Waals surface area contributed by atoms with Crippen LogP contribution in [0.5, 0.6) is 0 Å². The average molecular weight is 405 g/mol. The largest absolute Gasteiger partial charge is 0.480 e. The number of thioether (sulfide) groups is 1. The number of fused-ring (bicyclic) bond motifs is 1. The molecule has 27 heavy (non-hydrogen) atoms. The van der Waals surface area contributed by atoms with Crippen LogP contribution in [0.3, 0.4) is 0 Å². The Morgan fingerprint density at radius 1 is 1.41 bits per heavy atom. The van der Waals surface area contributed by atoms with Crippen molar-refractivity contribution < 1.29 is 14.7 Å². The molecule has 0 saturated carbocycles. The van der Waals surface area contributed by atoms with E-state index in [1.807, 2.05) is 26.0 Å². The van der Waals surface area contributed by atoms with Crippen molar-refractivity contribution in [2.24, 2.45) is 5.92 Å². The van der Waals surface area contributed by atoms with Gasteiger partial charge in [0.15, 0.2) is 0 Å². The third kappa shape index (κ3) is 4.19. The van der Waals surface area contributed by atoms with Gasteiger partial charge in [-0.05, 0) is 54.5 Å². The molecule has 0 bridgehead atoms. The standard InChI is InChI=1S/C20H24N2O3S2/c1-12(2)9-16(19(24)25)22-18(23)17(27-20(22)26)11-13-6-7-15-14(10-13)5-4-8-21(15)3/h6-7,10-12,16H,4-5,8-9H2,1-3H3,(H,24,25). The van der Waals surface area contributed by atoms with E-state index < -0.39 is 12.0 Å². The molecule has 0 aromatic heterocycles. The molecule has 0 aliphatic carbocycles. The first-order chi connectivity index (χ1) is 12.8. The predicted octanol–water partition coefficient (Wildman–Crippen LogP) is 3.77. The van der Waals surface area contributed by atoms with Crippen molar-refractivity contribution in [3.63, 3.8) is 0 Å². The van der Waals surface area contributed by atoms with E-state index in [2.05, 4.69) is 24.1 Å². The Hall–Kier alpha value is -1.86. The van der Waals surface area contributed by atoms with Gasteiger partial charge in [-0.15, -0.1) is 0 Å². The maximum absolute atomic E-state index is 12.9. The van der Waals surface area contributed by atoms with Crippen LogP contribution < -0.4 is 4.90 Å². The van der Waals surface area contributed by atoms with Crippen molar-refractivity contribution in [2.45, 2.75) is 39.2 Å². The van der Waals surface area contributed by atoms with Crippen molar-refractivity contribution in [1.29, 1.82) is 0 Å². The zero-order valence-corrected chi connectivity index (χ0v) is 17.4. The molecular formula is C20H24N2O3S2. The molecule has 5 nitrogen and oxygen atoms in total. The zero-order valence-electron chi connectivity index (χ0n) is 15.8. The van der Waals surface area contributed by atoms with Gasteiger partial charge in [0.05, 0.1) is 4.91 Å². The van der Waals surface area contributed by atoms with Gasteiger partial charge in [-0.25, -0.2) is 4.79 Å². The number of aryl methyl sites for hydroxylation is 1. The Kier molecular flexibility index (Phi) is 5.91. The first-order valence-corrected chi connectivity index (χ1v) is 10.3. The van der Waals surface area contributed by atoms with Crippen molar-refractivity contribution in [2.75, 3.05) is 18.5 Å². The van der Waals surface area contributed by atoms with Crippen LogP contribution in [0.15, 0.2) is 23.1 Å². The van der Waals surface area contributed by atoms with E-state index in [0.717, 1.165) is 24.9 Å². The highest BCUT2D eigenvalue weighted by molar-refractivity contribution is 8.26. The van der Waals surface area contributed by atoms with Crippen LogP contribution in [-0.4, -0.2) is 45.8 Å². The maximum Gasteiger partial charge on any atom is 0.326 e. The van der Waals surface area contributed by atoms with Gasteiger partial charge in [0.1, 0.15) is 10.4 Å². The second kappa shape index (κ2) is 8.02. The number of benzene rings is 1. The number of nitrogens with zero attached hydrogens (tertiary/aromatic N) is 2. The highest BCUT2D eigenvalue weighted by atomic mass is 32.2. The van der Waals surface area contributed by atoms with Crippen LogP contribution in [0, 0.1) is 5.92 Å². The number of thiocarbonyl (C=S) groups is 1. The van der Waals surface area contributed by atoms with Gasteiger partial charge >= 0.3 is 5.97 Å². The molecule has 2 heterocycles. The Morgan fingerprint density at radius 3 is 2.81 bits per heavy atom. The average Bonchev–Trinajstić information content (AvgIpc) is 2.86. The molecule has 2 aliphatic rings. The lowest BCUT2D eigenvalue weighted by Crippen LogP contribution is -2.44. The van der Waals surface area contributed by atoms with E-state index in [4.69, 9.17) is 12.2 Å². The number of carboxylic acids is 1. The molecule has 3 rings (SSSR count). The minimum Gasteiger partial charge on any atom is -0.480 e. The number of hydrogen-bond donors (Lipinski definition) is 1. The van der Waals surface area contributed by atoms with Gasteiger partial charge in [0, 0.05) is 19.3 Å². The van der Waals surface area contributed by atoms with E-state index in [9.17, 15) is 14.7 Å². The van der Waals surface area contributed by atoms with Gasteiger partial charge < -0.3 is 10.0 Å². The predicted molar refractivity (Wildman–Crippen MR) is 114 cm³/mol. The molecular weight excluding hydrogens is 380 g/mol. The van der Waals surface area contributed by atoms with Crippen LogP contribution in [-0.2, 0) is 16.0 Å². The summed E-state index contributed by atoms with van der Waals surface area (Å²) in [5.74, 6) is -1.18. The summed E-state index contributed by atoms with van der Waals surface area (Å²) in [6.45, 7) is 4.93. The number of anilines is 1. The fraction of sp³-hybridized carbons (Fsp3) is 0.450. The first-order valence-electron chi connectivity index (χ1n) is 9.12. The zero-order chi connectivity index (χ0) is 19.7. The van der Waals surface area contributed by atoms with Crippen LogP contribution in [0.25, 0.3) is 6.08 Å². The Balaban J connectivity index is 1.87. The van der Waals surface area contributed by atoms with Crippen molar-refractivity contribution in [1.82, 2.24) is 4.90 Å². The third-order valence-electron chi connectivity index (χ3n) is 4.87. The summed E-state index contributed by atoms with van der Waals surface area (Å²) in [5, 5.41) is 9.56. The lowest BCUT2D eigenvalue weighted by molar-refractivity contribution is -0.145. The van der Waals surface area contributed by atoms with Crippen LogP contribution in [0.1, 0.15) is 37.8 Å². The highest BCUT2D eigenvalue weighted by Crippen LogP contribution is 2.36. The number of carboxylic acid groups (broad SMARTS) is 1. The molecule has 7 heteroatoms. The Bertz CT molecular complexity index is 819. The van der Waals surface area contributed by atoms with E-state index in [0.29, 0.717) is 15.6 Å². The lowest BCUT2D eigenvalue weighted by atomic mass is 9.99. The summed E-state index contributed by atoms with van der Waals surface area (Å²) in [6.07, 6.45) is 4.34. The number of carbonyl (C=O) groups is 2. The van der Waals surface area contributed by atoms with Gasteiger partial charge in [-0.2, -0.15) is 0 Å². The van der Waals surface area contributed by atoms with Crippen LogP contribution >= 0.6 is 24.0 Å². The van der Waals surface area contributed by atoms with Gasteiger partial charge in [-0.3, -0.25) is 9.69 Å². The molecule has 144 valence electrons. The number of amides is 1. The normalized spacial score (nSPS) is 19.8. The number of carbonyl (C=O) groups excluding carboxylic acids is 1. The van der Waals surface area contributed by atoms with Crippen LogP contribution in [0.2, 0.25) is 0 Å². The van der Waals surface area contributed by atoms with E-state index in [-0.39, 0.29) is 11.8 Å². The minimum atomic E-state index is -1.02. The highest BCUT2D eigenvalue weighted by Gasteiger charge is 2.40. The minimum absolute atomic E-state index is 0.150.